The van der Waals surface area contributed by atoms with Gasteiger partial charge >= 0.3 is 0 Å². The fourth-order valence-electron chi connectivity index (χ4n) is 3.26. The molecule has 0 spiro atoms. The Morgan fingerprint density at radius 2 is 1.94 bits per heavy atom. The summed E-state index contributed by atoms with van der Waals surface area (Å²) in [5.74, 6) is 2.45. The van der Waals surface area contributed by atoms with Gasteiger partial charge in [0.25, 0.3) is 0 Å². The molecule has 4 rings (SSSR count). The van der Waals surface area contributed by atoms with Crippen molar-refractivity contribution in [2.75, 3.05) is 19.5 Å². The summed E-state index contributed by atoms with van der Waals surface area (Å²) in [7, 11) is 5.03. The van der Waals surface area contributed by atoms with Crippen LogP contribution in [0.3, 0.4) is 0 Å². The van der Waals surface area contributed by atoms with Gasteiger partial charge in [-0.05, 0) is 31.2 Å². The number of imidazole rings is 1. The highest BCUT2D eigenvalue weighted by Crippen LogP contribution is 2.30. The highest BCUT2D eigenvalue weighted by atomic mass is 16.5. The Kier molecular flexibility index (Phi) is 5.59. The van der Waals surface area contributed by atoms with Crippen LogP contribution in [0.1, 0.15) is 11.3 Å². The largest absolute Gasteiger partial charge is 0.497 e. The van der Waals surface area contributed by atoms with Gasteiger partial charge in [-0.1, -0.05) is 6.07 Å². The normalized spacial score (nSPS) is 10.9. The number of aromatic nitrogens is 5. The number of hydrogen-bond acceptors (Lipinski definition) is 7. The number of ether oxygens (including phenoxy) is 2. The van der Waals surface area contributed by atoms with Crippen molar-refractivity contribution < 1.29 is 14.6 Å². The van der Waals surface area contributed by atoms with Crippen LogP contribution in [0.4, 0.5) is 11.6 Å². The number of aliphatic hydroxyl groups is 1. The maximum atomic E-state index is 9.65. The molecule has 0 aliphatic rings. The van der Waals surface area contributed by atoms with Crippen LogP contribution in [0, 0.1) is 6.92 Å². The van der Waals surface area contributed by atoms with E-state index in [-0.39, 0.29) is 6.61 Å². The average Bonchev–Trinajstić information content (AvgIpc) is 3.38. The van der Waals surface area contributed by atoms with Crippen LogP contribution in [0.5, 0.6) is 11.5 Å². The molecule has 0 aliphatic carbocycles. The monoisotopic (exact) mass is 420 g/mol. The minimum atomic E-state index is -0.108. The molecule has 2 heterocycles. The van der Waals surface area contributed by atoms with Gasteiger partial charge in [-0.25, -0.2) is 9.67 Å². The molecule has 160 valence electrons. The van der Waals surface area contributed by atoms with Crippen molar-refractivity contribution >= 4 is 11.6 Å². The van der Waals surface area contributed by atoms with E-state index in [1.54, 1.807) is 44.4 Å². The van der Waals surface area contributed by atoms with E-state index < -0.39 is 0 Å². The first kappa shape index (κ1) is 20.4. The summed E-state index contributed by atoms with van der Waals surface area (Å²) in [6.45, 7) is 1.83. The molecule has 0 saturated heterocycles. The summed E-state index contributed by atoms with van der Waals surface area (Å²) < 4.78 is 14.4. The summed E-state index contributed by atoms with van der Waals surface area (Å²) in [5, 5.41) is 17.4. The first-order chi connectivity index (χ1) is 15.0. The molecule has 9 heteroatoms. The van der Waals surface area contributed by atoms with E-state index in [1.807, 2.05) is 42.0 Å². The predicted molar refractivity (Wildman–Crippen MR) is 117 cm³/mol. The Morgan fingerprint density at radius 3 is 2.61 bits per heavy atom. The molecule has 0 atom stereocenters. The molecule has 0 unspecified atom stereocenters. The van der Waals surface area contributed by atoms with Gasteiger partial charge in [0.1, 0.15) is 11.5 Å². The number of hydrogen-bond donors (Lipinski definition) is 2. The Bertz CT molecular complexity index is 1210. The van der Waals surface area contributed by atoms with Gasteiger partial charge in [-0.3, -0.25) is 0 Å². The SMILES string of the molecule is COc1ccc(CO)c(Nc2nc(-c3ccc(-n4cnc(C)c4)c(OC)c3)nn2C)c1. The zero-order chi connectivity index (χ0) is 22.0. The Morgan fingerprint density at radius 1 is 1.10 bits per heavy atom. The molecule has 9 nitrogen and oxygen atoms in total. The number of aliphatic hydroxyl groups excluding tert-OH is 1. The third-order valence-electron chi connectivity index (χ3n) is 4.92. The van der Waals surface area contributed by atoms with Crippen LogP contribution >= 0.6 is 0 Å². The van der Waals surface area contributed by atoms with Crippen LogP contribution in [0.15, 0.2) is 48.9 Å². The number of anilines is 2. The van der Waals surface area contributed by atoms with Crippen molar-refractivity contribution in [3.63, 3.8) is 0 Å². The maximum absolute atomic E-state index is 9.65. The first-order valence-electron chi connectivity index (χ1n) is 9.67. The third-order valence-corrected chi connectivity index (χ3v) is 4.92. The highest BCUT2D eigenvalue weighted by molar-refractivity contribution is 5.66. The number of methoxy groups -OCH3 is 2. The van der Waals surface area contributed by atoms with Gasteiger partial charge in [-0.2, -0.15) is 4.98 Å². The molecule has 31 heavy (non-hydrogen) atoms. The minimum Gasteiger partial charge on any atom is -0.497 e. The van der Waals surface area contributed by atoms with Gasteiger partial charge in [0.15, 0.2) is 5.82 Å². The molecular formula is C22H24N6O3. The van der Waals surface area contributed by atoms with Crippen molar-refractivity contribution in [2.24, 2.45) is 7.05 Å². The van der Waals surface area contributed by atoms with E-state index >= 15 is 0 Å². The summed E-state index contributed by atoms with van der Waals surface area (Å²) in [5.41, 5.74) is 4.05. The predicted octanol–water partition coefficient (Wildman–Crippen LogP) is 3.23. The highest BCUT2D eigenvalue weighted by Gasteiger charge is 2.15. The van der Waals surface area contributed by atoms with Crippen LogP contribution in [0.25, 0.3) is 17.1 Å². The van der Waals surface area contributed by atoms with E-state index in [0.717, 1.165) is 22.5 Å². The van der Waals surface area contributed by atoms with Gasteiger partial charge < -0.3 is 24.5 Å². The lowest BCUT2D eigenvalue weighted by Crippen LogP contribution is -2.03. The maximum Gasteiger partial charge on any atom is 0.225 e. The number of benzene rings is 2. The fourth-order valence-corrected chi connectivity index (χ4v) is 3.26. The van der Waals surface area contributed by atoms with Gasteiger partial charge in [0.05, 0.1) is 44.2 Å². The lowest BCUT2D eigenvalue weighted by molar-refractivity contribution is 0.282. The molecular weight excluding hydrogens is 396 g/mol. The summed E-state index contributed by atoms with van der Waals surface area (Å²) in [4.78, 5) is 8.91. The van der Waals surface area contributed by atoms with Crippen molar-refractivity contribution in [2.45, 2.75) is 13.5 Å². The Balaban J connectivity index is 1.66. The van der Waals surface area contributed by atoms with Gasteiger partial charge in [0, 0.05) is 30.4 Å². The number of aryl methyl sites for hydroxylation is 2. The molecule has 0 bridgehead atoms. The number of nitrogens with zero attached hydrogens (tertiary/aromatic N) is 5. The molecule has 4 aromatic rings. The molecule has 2 aromatic carbocycles. The van der Waals surface area contributed by atoms with E-state index in [4.69, 9.17) is 9.47 Å². The van der Waals surface area contributed by atoms with Crippen LogP contribution in [-0.2, 0) is 13.7 Å². The van der Waals surface area contributed by atoms with Crippen LogP contribution < -0.4 is 14.8 Å². The molecule has 2 N–H and O–H groups in total. The second-order valence-electron chi connectivity index (χ2n) is 7.00. The molecule has 2 aromatic heterocycles. The summed E-state index contributed by atoms with van der Waals surface area (Å²) >= 11 is 0. The lowest BCUT2D eigenvalue weighted by Gasteiger charge is -2.11. The second-order valence-corrected chi connectivity index (χ2v) is 7.00. The summed E-state index contributed by atoms with van der Waals surface area (Å²) in [6, 6.07) is 11.2. The van der Waals surface area contributed by atoms with E-state index in [2.05, 4.69) is 20.4 Å². The Labute approximate surface area is 179 Å². The van der Waals surface area contributed by atoms with E-state index in [9.17, 15) is 5.11 Å². The smallest absolute Gasteiger partial charge is 0.225 e. The van der Waals surface area contributed by atoms with Crippen molar-refractivity contribution in [3.05, 3.63) is 60.2 Å². The number of rotatable bonds is 7. The zero-order valence-electron chi connectivity index (χ0n) is 17.8. The first-order valence-corrected chi connectivity index (χ1v) is 9.67. The molecule has 0 aliphatic heterocycles. The van der Waals surface area contributed by atoms with Crippen molar-refractivity contribution in [1.29, 1.82) is 0 Å². The van der Waals surface area contributed by atoms with Crippen LogP contribution in [0.2, 0.25) is 0 Å². The van der Waals surface area contributed by atoms with Crippen molar-refractivity contribution in [1.82, 2.24) is 24.3 Å². The molecule has 0 fully saturated rings. The minimum absolute atomic E-state index is 0.108. The standard InChI is InChI=1S/C22H24N6O3/c1-14-11-28(13-23-14)19-8-6-15(9-20(19)31-4)21-25-22(27(2)26-21)24-18-10-17(30-3)7-5-16(18)12-29/h5-11,13,29H,12H2,1-4H3,(H,24,25,26). The Hall–Kier alpha value is -3.85. The second kappa shape index (κ2) is 8.49. The number of nitrogens with one attached hydrogen (secondary N) is 1. The quantitative estimate of drug-likeness (QED) is 0.473. The fraction of sp³-hybridized carbons (Fsp3) is 0.227. The summed E-state index contributed by atoms with van der Waals surface area (Å²) in [6.07, 6.45) is 3.69. The average molecular weight is 420 g/mol. The topological polar surface area (TPSA) is 99.2 Å². The van der Waals surface area contributed by atoms with E-state index in [1.165, 1.54) is 0 Å². The van der Waals surface area contributed by atoms with Gasteiger partial charge in [-0.15, -0.1) is 5.10 Å². The molecule has 0 saturated carbocycles. The lowest BCUT2D eigenvalue weighted by atomic mass is 10.1. The molecule has 0 amide bonds. The van der Waals surface area contributed by atoms with Crippen molar-refractivity contribution in [3.8, 4) is 28.6 Å². The van der Waals surface area contributed by atoms with Gasteiger partial charge in [0.2, 0.25) is 5.95 Å². The zero-order valence-corrected chi connectivity index (χ0v) is 17.8. The van der Waals surface area contributed by atoms with E-state index in [0.29, 0.717) is 29.0 Å². The molecule has 0 radical (unpaired) electrons. The van der Waals surface area contributed by atoms with Crippen LogP contribution in [-0.4, -0.2) is 43.6 Å². The third kappa shape index (κ3) is 4.08.